The Balaban J connectivity index is 2.69. The minimum Gasteiger partial charge on any atom is -0.480 e. The van der Waals surface area contributed by atoms with Gasteiger partial charge in [-0.2, -0.15) is 11.8 Å². The van der Waals surface area contributed by atoms with Gasteiger partial charge in [-0.05, 0) is 30.6 Å². The molecule has 98 valence electrons. The molecule has 0 fully saturated rings. The van der Waals surface area contributed by atoms with Gasteiger partial charge in [0.15, 0.2) is 0 Å². The highest BCUT2D eigenvalue weighted by molar-refractivity contribution is 7.98. The smallest absolute Gasteiger partial charge is 0.326 e. The van der Waals surface area contributed by atoms with Crippen LogP contribution >= 0.6 is 23.4 Å². The lowest BCUT2D eigenvalue weighted by atomic mass is 10.2. The maximum Gasteiger partial charge on any atom is 0.326 e. The van der Waals surface area contributed by atoms with Crippen molar-refractivity contribution in [2.24, 2.45) is 0 Å². The number of carbonyl (C=O) groups excluding carboxylic acids is 1. The Kier molecular flexibility index (Phi) is 5.94. The maximum absolute atomic E-state index is 11.8. The number of aliphatic carboxylic acids is 1. The van der Waals surface area contributed by atoms with Gasteiger partial charge in [0.2, 0.25) is 0 Å². The molecule has 0 bridgehead atoms. The fourth-order valence-corrected chi connectivity index (χ4v) is 1.90. The van der Waals surface area contributed by atoms with Gasteiger partial charge >= 0.3 is 5.97 Å². The summed E-state index contributed by atoms with van der Waals surface area (Å²) in [4.78, 5) is 26.6. The minimum absolute atomic E-state index is 0.109. The molecule has 0 saturated heterocycles. The Hall–Kier alpha value is -1.27. The van der Waals surface area contributed by atoms with Crippen molar-refractivity contribution in [1.29, 1.82) is 0 Å². The zero-order chi connectivity index (χ0) is 13.5. The highest BCUT2D eigenvalue weighted by atomic mass is 35.5. The van der Waals surface area contributed by atoms with Crippen LogP contribution in [0.15, 0.2) is 18.2 Å². The van der Waals surface area contributed by atoms with Crippen LogP contribution in [-0.4, -0.2) is 40.0 Å². The summed E-state index contributed by atoms with van der Waals surface area (Å²) < 4.78 is 0. The van der Waals surface area contributed by atoms with E-state index in [1.54, 1.807) is 12.1 Å². The standard InChI is InChI=1S/C11H13ClN2O3S/c1-18-6-5-8(11(16)17)14-10(15)7-3-2-4-9(12)13-7/h2-4,8H,5-6H2,1H3,(H,14,15)(H,16,17)/t8-/m0/s1. The zero-order valence-corrected chi connectivity index (χ0v) is 11.3. The molecular formula is C11H13ClN2O3S. The fourth-order valence-electron chi connectivity index (χ4n) is 1.26. The van der Waals surface area contributed by atoms with Crippen LogP contribution in [0.1, 0.15) is 16.9 Å². The zero-order valence-electron chi connectivity index (χ0n) is 9.72. The monoisotopic (exact) mass is 288 g/mol. The van der Waals surface area contributed by atoms with E-state index in [0.29, 0.717) is 12.2 Å². The molecule has 0 aliphatic rings. The summed E-state index contributed by atoms with van der Waals surface area (Å²) >= 11 is 7.18. The first-order chi connectivity index (χ1) is 8.54. The quantitative estimate of drug-likeness (QED) is 0.779. The summed E-state index contributed by atoms with van der Waals surface area (Å²) in [6, 6.07) is 3.70. The van der Waals surface area contributed by atoms with Gasteiger partial charge in [0.1, 0.15) is 16.9 Å². The molecule has 7 heteroatoms. The molecule has 1 heterocycles. The number of aromatic nitrogens is 1. The van der Waals surface area contributed by atoms with E-state index in [2.05, 4.69) is 10.3 Å². The summed E-state index contributed by atoms with van der Waals surface area (Å²) in [5.74, 6) is -0.939. The summed E-state index contributed by atoms with van der Waals surface area (Å²) in [6.07, 6.45) is 2.24. The molecule has 0 radical (unpaired) electrons. The number of carboxylic acid groups (broad SMARTS) is 1. The van der Waals surface area contributed by atoms with Crippen molar-refractivity contribution in [3.05, 3.63) is 29.0 Å². The van der Waals surface area contributed by atoms with Crippen molar-refractivity contribution in [2.75, 3.05) is 12.0 Å². The average molecular weight is 289 g/mol. The van der Waals surface area contributed by atoms with Gasteiger partial charge in [0, 0.05) is 0 Å². The number of carbonyl (C=O) groups is 2. The van der Waals surface area contributed by atoms with Crippen LogP contribution in [0.4, 0.5) is 0 Å². The van der Waals surface area contributed by atoms with Gasteiger partial charge < -0.3 is 10.4 Å². The van der Waals surface area contributed by atoms with Gasteiger partial charge in [-0.15, -0.1) is 0 Å². The molecule has 0 saturated carbocycles. The van der Waals surface area contributed by atoms with E-state index in [0.717, 1.165) is 0 Å². The Morgan fingerprint density at radius 2 is 2.28 bits per heavy atom. The van der Waals surface area contributed by atoms with E-state index in [1.165, 1.54) is 17.8 Å². The van der Waals surface area contributed by atoms with Crippen LogP contribution in [0.5, 0.6) is 0 Å². The summed E-state index contributed by atoms with van der Waals surface area (Å²) in [6.45, 7) is 0. The molecule has 0 aromatic carbocycles. The van der Waals surface area contributed by atoms with Crippen molar-refractivity contribution in [3.8, 4) is 0 Å². The number of hydrogen-bond donors (Lipinski definition) is 2. The molecule has 0 spiro atoms. The third kappa shape index (κ3) is 4.54. The van der Waals surface area contributed by atoms with E-state index in [4.69, 9.17) is 16.7 Å². The largest absolute Gasteiger partial charge is 0.480 e. The van der Waals surface area contributed by atoms with E-state index in [9.17, 15) is 9.59 Å². The summed E-state index contributed by atoms with van der Waals surface area (Å²) in [5, 5.41) is 11.6. The lowest BCUT2D eigenvalue weighted by Gasteiger charge is -2.13. The molecule has 18 heavy (non-hydrogen) atoms. The van der Waals surface area contributed by atoms with E-state index >= 15 is 0 Å². The molecule has 1 aromatic heterocycles. The molecule has 5 nitrogen and oxygen atoms in total. The minimum atomic E-state index is -1.06. The van der Waals surface area contributed by atoms with E-state index < -0.39 is 17.9 Å². The second kappa shape index (κ2) is 7.23. The molecule has 0 unspecified atom stereocenters. The second-order valence-corrected chi connectivity index (χ2v) is 4.86. The number of carboxylic acids is 1. The van der Waals surface area contributed by atoms with Crippen LogP contribution in [-0.2, 0) is 4.79 Å². The number of nitrogens with one attached hydrogen (secondary N) is 1. The Morgan fingerprint density at radius 3 is 2.83 bits per heavy atom. The third-order valence-electron chi connectivity index (χ3n) is 2.16. The highest BCUT2D eigenvalue weighted by Crippen LogP contribution is 2.06. The van der Waals surface area contributed by atoms with Crippen LogP contribution < -0.4 is 5.32 Å². The SMILES string of the molecule is CSCC[C@H](NC(=O)c1cccc(Cl)n1)C(=O)O. The van der Waals surface area contributed by atoms with Crippen molar-refractivity contribution >= 4 is 35.2 Å². The van der Waals surface area contributed by atoms with Crippen molar-refractivity contribution < 1.29 is 14.7 Å². The first-order valence-corrected chi connectivity index (χ1v) is 6.97. The first kappa shape index (κ1) is 14.8. The van der Waals surface area contributed by atoms with Gasteiger partial charge in [-0.25, -0.2) is 9.78 Å². The average Bonchev–Trinajstić information content (AvgIpc) is 2.33. The Bertz CT molecular complexity index is 442. The highest BCUT2D eigenvalue weighted by Gasteiger charge is 2.20. The van der Waals surface area contributed by atoms with Crippen LogP contribution in [0.25, 0.3) is 0 Å². The Labute approximate surface area is 114 Å². The number of nitrogens with zero attached hydrogens (tertiary/aromatic N) is 1. The summed E-state index contributed by atoms with van der Waals surface area (Å²) in [7, 11) is 0. The number of pyridine rings is 1. The number of hydrogen-bond acceptors (Lipinski definition) is 4. The van der Waals surface area contributed by atoms with Gasteiger partial charge in [-0.3, -0.25) is 4.79 Å². The Morgan fingerprint density at radius 1 is 1.56 bits per heavy atom. The van der Waals surface area contributed by atoms with E-state index in [-0.39, 0.29) is 10.8 Å². The molecule has 0 aliphatic heterocycles. The fraction of sp³-hybridized carbons (Fsp3) is 0.364. The predicted molar refractivity (Wildman–Crippen MR) is 71.1 cm³/mol. The lowest BCUT2D eigenvalue weighted by Crippen LogP contribution is -2.41. The van der Waals surface area contributed by atoms with Gasteiger partial charge in [0.25, 0.3) is 5.91 Å². The van der Waals surface area contributed by atoms with Crippen LogP contribution in [0.3, 0.4) is 0 Å². The van der Waals surface area contributed by atoms with Crippen LogP contribution in [0, 0.1) is 0 Å². The number of amides is 1. The molecular weight excluding hydrogens is 276 g/mol. The molecule has 1 atom stereocenters. The normalized spacial score (nSPS) is 11.9. The van der Waals surface area contributed by atoms with Gasteiger partial charge in [0.05, 0.1) is 0 Å². The van der Waals surface area contributed by atoms with Gasteiger partial charge in [-0.1, -0.05) is 17.7 Å². The molecule has 0 aliphatic carbocycles. The predicted octanol–water partition coefficient (Wildman–Crippen LogP) is 1.67. The maximum atomic E-state index is 11.8. The molecule has 2 N–H and O–H groups in total. The molecule has 1 rings (SSSR count). The first-order valence-electron chi connectivity index (χ1n) is 5.19. The second-order valence-electron chi connectivity index (χ2n) is 3.49. The van der Waals surface area contributed by atoms with Crippen molar-refractivity contribution in [3.63, 3.8) is 0 Å². The number of thioether (sulfide) groups is 1. The topological polar surface area (TPSA) is 79.3 Å². The number of rotatable bonds is 6. The number of halogens is 1. The summed E-state index contributed by atoms with van der Waals surface area (Å²) in [5.41, 5.74) is 0.109. The molecule has 1 aromatic rings. The lowest BCUT2D eigenvalue weighted by molar-refractivity contribution is -0.139. The van der Waals surface area contributed by atoms with Crippen molar-refractivity contribution in [1.82, 2.24) is 10.3 Å². The van der Waals surface area contributed by atoms with E-state index in [1.807, 2.05) is 6.26 Å². The molecule has 1 amide bonds. The third-order valence-corrected chi connectivity index (χ3v) is 3.02. The van der Waals surface area contributed by atoms with Crippen molar-refractivity contribution in [2.45, 2.75) is 12.5 Å². The van der Waals surface area contributed by atoms with Crippen LogP contribution in [0.2, 0.25) is 5.15 Å².